The molecule has 0 heterocycles. The maximum atomic E-state index is 9.54. The van der Waals surface area contributed by atoms with Gasteiger partial charge in [0.1, 0.15) is 11.9 Å². The molecule has 1 aromatic rings. The highest BCUT2D eigenvalue weighted by atomic mass is 35.5. The molecule has 0 spiro atoms. The van der Waals surface area contributed by atoms with E-state index < -0.39 is 12.2 Å². The molecule has 5 heteroatoms. The molecule has 0 aromatic heterocycles. The Morgan fingerprint density at radius 2 is 1.93 bits per heavy atom. The molecule has 1 rings (SSSR count). The summed E-state index contributed by atoms with van der Waals surface area (Å²) in [6, 6.07) is 4.53. The van der Waals surface area contributed by atoms with E-state index in [4.69, 9.17) is 23.2 Å². The zero-order chi connectivity index (χ0) is 10.7. The number of alkyl halides is 1. The van der Waals surface area contributed by atoms with Crippen molar-refractivity contribution in [2.75, 3.05) is 5.88 Å². The minimum atomic E-state index is -1.23. The summed E-state index contributed by atoms with van der Waals surface area (Å²) in [4.78, 5) is 0. The summed E-state index contributed by atoms with van der Waals surface area (Å²) >= 11 is 11.0. The van der Waals surface area contributed by atoms with Crippen molar-refractivity contribution >= 4 is 23.2 Å². The smallest absolute Gasteiger partial charge is 0.140 e. The average Bonchev–Trinajstić information content (AvgIpc) is 2.20. The second kappa shape index (κ2) is 4.84. The van der Waals surface area contributed by atoms with Crippen LogP contribution >= 0.6 is 23.2 Å². The van der Waals surface area contributed by atoms with E-state index in [1.54, 1.807) is 6.07 Å². The minimum Gasteiger partial charge on any atom is -0.506 e. The highest BCUT2D eigenvalue weighted by molar-refractivity contribution is 6.32. The van der Waals surface area contributed by atoms with Crippen LogP contribution in [0.25, 0.3) is 0 Å². The second-order valence-corrected chi connectivity index (χ2v) is 3.56. The van der Waals surface area contributed by atoms with Crippen molar-refractivity contribution in [3.63, 3.8) is 0 Å². The van der Waals surface area contributed by atoms with Gasteiger partial charge in [-0.05, 0) is 6.07 Å². The summed E-state index contributed by atoms with van der Waals surface area (Å²) in [5, 5.41) is 28.4. The number of para-hydroxylation sites is 1. The van der Waals surface area contributed by atoms with Crippen LogP contribution in [0.1, 0.15) is 11.7 Å². The van der Waals surface area contributed by atoms with E-state index in [1.807, 2.05) is 0 Å². The van der Waals surface area contributed by atoms with Crippen LogP contribution in [0.4, 0.5) is 0 Å². The lowest BCUT2D eigenvalue weighted by Gasteiger charge is -2.17. The van der Waals surface area contributed by atoms with Gasteiger partial charge in [0.2, 0.25) is 0 Å². The highest BCUT2D eigenvalue weighted by Gasteiger charge is 2.21. The van der Waals surface area contributed by atoms with Crippen LogP contribution in [0.3, 0.4) is 0 Å². The Balaban J connectivity index is 3.01. The molecule has 78 valence electrons. The lowest BCUT2D eigenvalue weighted by molar-refractivity contribution is 0.0312. The van der Waals surface area contributed by atoms with Gasteiger partial charge in [-0.2, -0.15) is 0 Å². The molecular formula is C9H10Cl2O3. The molecule has 2 unspecified atom stereocenters. The van der Waals surface area contributed by atoms with Gasteiger partial charge in [-0.15, -0.1) is 11.6 Å². The fourth-order valence-corrected chi connectivity index (χ4v) is 1.41. The number of halogens is 2. The van der Waals surface area contributed by atoms with Crippen molar-refractivity contribution in [1.29, 1.82) is 0 Å². The molecular weight excluding hydrogens is 227 g/mol. The number of aliphatic hydroxyl groups excluding tert-OH is 2. The fraction of sp³-hybridized carbons (Fsp3) is 0.333. The van der Waals surface area contributed by atoms with Crippen molar-refractivity contribution in [1.82, 2.24) is 0 Å². The van der Waals surface area contributed by atoms with Crippen LogP contribution in [0.5, 0.6) is 5.75 Å². The van der Waals surface area contributed by atoms with Crippen LogP contribution in [0.15, 0.2) is 18.2 Å². The predicted molar refractivity (Wildman–Crippen MR) is 54.8 cm³/mol. The molecule has 3 N–H and O–H groups in total. The van der Waals surface area contributed by atoms with Gasteiger partial charge >= 0.3 is 0 Å². The molecule has 1 aromatic carbocycles. The van der Waals surface area contributed by atoms with E-state index in [0.29, 0.717) is 0 Å². The first-order chi connectivity index (χ1) is 6.57. The normalized spacial score (nSPS) is 15.1. The third-order valence-corrected chi connectivity index (χ3v) is 2.48. The number of phenolic OH excluding ortho intramolecular Hbond substituents is 1. The van der Waals surface area contributed by atoms with E-state index in [2.05, 4.69) is 0 Å². The van der Waals surface area contributed by atoms with Gasteiger partial charge in [0, 0.05) is 5.56 Å². The van der Waals surface area contributed by atoms with E-state index in [9.17, 15) is 15.3 Å². The second-order valence-electron chi connectivity index (χ2n) is 2.84. The summed E-state index contributed by atoms with van der Waals surface area (Å²) in [5.41, 5.74) is 0.172. The SMILES string of the molecule is Oc1c(Cl)cccc1C(O)C(O)CCl. The first kappa shape index (κ1) is 11.6. The molecule has 3 nitrogen and oxygen atoms in total. The Bertz CT molecular complexity index is 317. The summed E-state index contributed by atoms with van der Waals surface area (Å²) in [5.74, 6) is -0.349. The monoisotopic (exact) mass is 236 g/mol. The average molecular weight is 237 g/mol. The van der Waals surface area contributed by atoms with E-state index in [1.165, 1.54) is 12.1 Å². The Morgan fingerprint density at radius 1 is 1.29 bits per heavy atom. The molecule has 0 saturated carbocycles. The zero-order valence-electron chi connectivity index (χ0n) is 7.19. The lowest BCUT2D eigenvalue weighted by atomic mass is 10.0. The topological polar surface area (TPSA) is 60.7 Å². The summed E-state index contributed by atoms with van der Waals surface area (Å²) in [6.07, 6.45) is -2.35. The third kappa shape index (κ3) is 2.30. The zero-order valence-corrected chi connectivity index (χ0v) is 8.70. The number of hydrogen-bond acceptors (Lipinski definition) is 3. The lowest BCUT2D eigenvalue weighted by Crippen LogP contribution is -2.19. The van der Waals surface area contributed by atoms with Crippen molar-refractivity contribution < 1.29 is 15.3 Å². The number of aromatic hydroxyl groups is 1. The molecule has 0 bridgehead atoms. The van der Waals surface area contributed by atoms with Crippen molar-refractivity contribution in [3.05, 3.63) is 28.8 Å². The van der Waals surface area contributed by atoms with Crippen LogP contribution in [-0.4, -0.2) is 27.3 Å². The van der Waals surface area contributed by atoms with Gasteiger partial charge in [0.15, 0.2) is 0 Å². The fourth-order valence-electron chi connectivity index (χ4n) is 1.06. The van der Waals surface area contributed by atoms with Crippen LogP contribution < -0.4 is 0 Å². The quantitative estimate of drug-likeness (QED) is 0.701. The maximum Gasteiger partial charge on any atom is 0.140 e. The Kier molecular flexibility index (Phi) is 4.01. The highest BCUT2D eigenvalue weighted by Crippen LogP contribution is 2.32. The van der Waals surface area contributed by atoms with Gasteiger partial charge < -0.3 is 15.3 Å². The number of aliphatic hydroxyl groups is 2. The first-order valence-electron chi connectivity index (χ1n) is 3.97. The van der Waals surface area contributed by atoms with Gasteiger partial charge in [-0.25, -0.2) is 0 Å². The molecule has 0 radical (unpaired) electrons. The molecule has 0 aliphatic carbocycles. The van der Waals surface area contributed by atoms with E-state index >= 15 is 0 Å². The van der Waals surface area contributed by atoms with Crippen molar-refractivity contribution in [3.8, 4) is 5.75 Å². The molecule has 0 aliphatic rings. The Morgan fingerprint density at radius 3 is 2.50 bits per heavy atom. The van der Waals surface area contributed by atoms with Crippen molar-refractivity contribution in [2.45, 2.75) is 12.2 Å². The van der Waals surface area contributed by atoms with Gasteiger partial charge in [-0.1, -0.05) is 23.7 Å². The van der Waals surface area contributed by atoms with Crippen LogP contribution in [0.2, 0.25) is 5.02 Å². The first-order valence-corrected chi connectivity index (χ1v) is 4.88. The maximum absolute atomic E-state index is 9.54. The number of hydrogen-bond donors (Lipinski definition) is 3. The van der Waals surface area contributed by atoms with E-state index in [0.717, 1.165) is 0 Å². The molecule has 0 saturated heterocycles. The van der Waals surface area contributed by atoms with Gasteiger partial charge in [-0.3, -0.25) is 0 Å². The number of benzene rings is 1. The summed E-state index contributed by atoms with van der Waals surface area (Å²) in [6.45, 7) is 0. The molecule has 2 atom stereocenters. The molecule has 14 heavy (non-hydrogen) atoms. The van der Waals surface area contributed by atoms with E-state index in [-0.39, 0.29) is 22.2 Å². The van der Waals surface area contributed by atoms with Gasteiger partial charge in [0.05, 0.1) is 17.0 Å². The van der Waals surface area contributed by atoms with Crippen LogP contribution in [-0.2, 0) is 0 Å². The largest absolute Gasteiger partial charge is 0.506 e. The van der Waals surface area contributed by atoms with Crippen LogP contribution in [0, 0.1) is 0 Å². The minimum absolute atomic E-state index is 0.118. The number of phenols is 1. The molecule has 0 aliphatic heterocycles. The predicted octanol–water partition coefficient (Wildman–Crippen LogP) is 1.68. The third-order valence-electron chi connectivity index (χ3n) is 1.86. The molecule has 0 fully saturated rings. The Labute approximate surface area is 91.5 Å². The number of rotatable bonds is 3. The summed E-state index contributed by atoms with van der Waals surface area (Å²) in [7, 11) is 0. The van der Waals surface area contributed by atoms with Crippen molar-refractivity contribution in [2.24, 2.45) is 0 Å². The standard InChI is InChI=1S/C9H10Cl2O3/c10-4-7(12)9(14)5-2-1-3-6(11)8(5)13/h1-3,7,9,12-14H,4H2. The molecule has 0 amide bonds. The Hall–Kier alpha value is -0.480. The van der Waals surface area contributed by atoms with Gasteiger partial charge in [0.25, 0.3) is 0 Å². The summed E-state index contributed by atoms with van der Waals surface area (Å²) < 4.78 is 0.